The molecule has 0 fully saturated rings. The predicted octanol–water partition coefficient (Wildman–Crippen LogP) is 3.10. The lowest BCUT2D eigenvalue weighted by Gasteiger charge is -2.25. The Balaban J connectivity index is 2.09. The summed E-state index contributed by atoms with van der Waals surface area (Å²) < 4.78 is -1.12. The molecule has 4 nitrogen and oxygen atoms in total. The number of carbonyl (C=O) groups is 2. The first-order valence-corrected chi connectivity index (χ1v) is 7.30. The molecular weight excluding hydrogens is 286 g/mol. The van der Waals surface area contributed by atoms with Crippen LogP contribution in [0.2, 0.25) is 0 Å². The van der Waals surface area contributed by atoms with Gasteiger partial charge in [0.2, 0.25) is 5.91 Å². The largest absolute Gasteiger partial charge is 0.481 e. The first-order chi connectivity index (χ1) is 10.1. The van der Waals surface area contributed by atoms with Crippen molar-refractivity contribution in [1.82, 2.24) is 0 Å². The number of thioether (sulfide) groups is 1. The Labute approximate surface area is 126 Å². The van der Waals surface area contributed by atoms with E-state index in [1.807, 2.05) is 48.5 Å². The molecule has 3 rings (SSSR count). The summed E-state index contributed by atoms with van der Waals surface area (Å²) in [5, 5.41) is 12.1. The molecule has 0 aliphatic carbocycles. The van der Waals surface area contributed by atoms with Crippen molar-refractivity contribution in [2.45, 2.75) is 16.1 Å². The van der Waals surface area contributed by atoms with E-state index < -0.39 is 10.7 Å². The van der Waals surface area contributed by atoms with Gasteiger partial charge in [0, 0.05) is 16.1 Å². The van der Waals surface area contributed by atoms with Gasteiger partial charge in [-0.15, -0.1) is 11.8 Å². The van der Waals surface area contributed by atoms with Crippen LogP contribution in [0, 0.1) is 0 Å². The molecule has 2 N–H and O–H groups in total. The minimum absolute atomic E-state index is 0.255. The highest BCUT2D eigenvalue weighted by molar-refractivity contribution is 8.01. The van der Waals surface area contributed by atoms with Crippen LogP contribution in [0.5, 0.6) is 0 Å². The van der Waals surface area contributed by atoms with Crippen molar-refractivity contribution in [3.8, 4) is 0 Å². The summed E-state index contributed by atoms with van der Waals surface area (Å²) in [6.45, 7) is 0. The number of para-hydroxylation sites is 1. The predicted molar refractivity (Wildman–Crippen MR) is 81.3 cm³/mol. The first kappa shape index (κ1) is 13.7. The number of benzene rings is 2. The minimum atomic E-state index is -1.12. The van der Waals surface area contributed by atoms with E-state index >= 15 is 0 Å². The molecule has 2 aromatic rings. The Hall–Kier alpha value is -2.27. The average molecular weight is 299 g/mol. The highest BCUT2D eigenvalue weighted by Gasteiger charge is 2.49. The second-order valence-electron chi connectivity index (χ2n) is 4.81. The van der Waals surface area contributed by atoms with Gasteiger partial charge < -0.3 is 10.4 Å². The number of carboxylic acids is 1. The number of carboxylic acid groups (broad SMARTS) is 1. The quantitative estimate of drug-likeness (QED) is 0.910. The van der Waals surface area contributed by atoms with E-state index in [0.717, 1.165) is 10.5 Å². The number of rotatable bonds is 4. The van der Waals surface area contributed by atoms with Crippen LogP contribution in [0.15, 0.2) is 59.5 Å². The highest BCUT2D eigenvalue weighted by Crippen LogP contribution is 2.51. The summed E-state index contributed by atoms with van der Waals surface area (Å²) in [5.41, 5.74) is 1.42. The molecule has 0 bridgehead atoms. The molecule has 0 spiro atoms. The Morgan fingerprint density at radius 3 is 2.48 bits per heavy atom. The topological polar surface area (TPSA) is 66.4 Å². The van der Waals surface area contributed by atoms with Gasteiger partial charge in [-0.2, -0.15) is 0 Å². The SMILES string of the molecule is O=C(O)CC1(Sc2ccccc2)C(=O)Nc2ccccc21. The smallest absolute Gasteiger partial charge is 0.305 e. The molecule has 1 aliphatic heterocycles. The van der Waals surface area contributed by atoms with E-state index in [2.05, 4.69) is 5.32 Å². The fourth-order valence-corrected chi connectivity index (χ4v) is 3.83. The standard InChI is InChI=1S/C16H13NO3S/c18-14(19)10-16(21-11-6-2-1-3-7-11)12-8-4-5-9-13(12)17-15(16)20/h1-9H,10H2,(H,17,20)(H,18,19). The zero-order chi connectivity index (χ0) is 14.9. The summed E-state index contributed by atoms with van der Waals surface area (Å²) in [6, 6.07) is 16.6. The van der Waals surface area contributed by atoms with Gasteiger partial charge >= 0.3 is 5.97 Å². The summed E-state index contributed by atoms with van der Waals surface area (Å²) in [4.78, 5) is 24.7. The second-order valence-corrected chi connectivity index (χ2v) is 6.18. The molecule has 1 unspecified atom stereocenters. The van der Waals surface area contributed by atoms with Crippen molar-refractivity contribution in [3.63, 3.8) is 0 Å². The van der Waals surface area contributed by atoms with Gasteiger partial charge in [-0.25, -0.2) is 0 Å². The average Bonchev–Trinajstić information content (AvgIpc) is 2.72. The lowest BCUT2D eigenvalue weighted by atomic mass is 9.96. The lowest BCUT2D eigenvalue weighted by molar-refractivity contribution is -0.139. The third-order valence-electron chi connectivity index (χ3n) is 3.41. The van der Waals surface area contributed by atoms with E-state index in [4.69, 9.17) is 0 Å². The van der Waals surface area contributed by atoms with Gasteiger partial charge in [-0.3, -0.25) is 9.59 Å². The second kappa shape index (κ2) is 5.26. The monoisotopic (exact) mass is 299 g/mol. The summed E-state index contributed by atoms with van der Waals surface area (Å²) in [7, 11) is 0. The van der Waals surface area contributed by atoms with Gasteiger partial charge in [0.15, 0.2) is 0 Å². The third kappa shape index (κ3) is 2.40. The molecule has 2 aromatic carbocycles. The Morgan fingerprint density at radius 1 is 1.10 bits per heavy atom. The third-order valence-corrected chi connectivity index (χ3v) is 4.82. The lowest BCUT2D eigenvalue weighted by Crippen LogP contribution is -2.33. The van der Waals surface area contributed by atoms with Crippen molar-refractivity contribution >= 4 is 29.3 Å². The number of anilines is 1. The van der Waals surface area contributed by atoms with Crippen LogP contribution in [-0.4, -0.2) is 17.0 Å². The van der Waals surface area contributed by atoms with E-state index in [1.54, 1.807) is 6.07 Å². The first-order valence-electron chi connectivity index (χ1n) is 6.49. The van der Waals surface area contributed by atoms with Crippen LogP contribution in [0.4, 0.5) is 5.69 Å². The van der Waals surface area contributed by atoms with E-state index in [1.165, 1.54) is 11.8 Å². The van der Waals surface area contributed by atoms with Gasteiger partial charge in [0.1, 0.15) is 4.75 Å². The molecule has 1 amide bonds. The molecule has 5 heteroatoms. The Bertz CT molecular complexity index is 702. The molecule has 1 aliphatic rings. The summed E-state index contributed by atoms with van der Waals surface area (Å²) in [5.74, 6) is -1.27. The van der Waals surface area contributed by atoms with Crippen molar-refractivity contribution in [2.75, 3.05) is 5.32 Å². The van der Waals surface area contributed by atoms with Crippen LogP contribution in [0.1, 0.15) is 12.0 Å². The molecule has 1 atom stereocenters. The van der Waals surface area contributed by atoms with Crippen LogP contribution in [0.3, 0.4) is 0 Å². The Morgan fingerprint density at radius 2 is 1.76 bits per heavy atom. The van der Waals surface area contributed by atoms with E-state index in [-0.39, 0.29) is 12.3 Å². The van der Waals surface area contributed by atoms with Gasteiger partial charge in [-0.05, 0) is 18.2 Å². The molecule has 1 heterocycles. The van der Waals surface area contributed by atoms with E-state index in [9.17, 15) is 14.7 Å². The molecule has 0 saturated carbocycles. The minimum Gasteiger partial charge on any atom is -0.481 e. The van der Waals surface area contributed by atoms with Gasteiger partial charge in [0.25, 0.3) is 0 Å². The number of carbonyl (C=O) groups excluding carboxylic acids is 1. The molecule has 0 aromatic heterocycles. The maximum atomic E-state index is 12.5. The number of fused-ring (bicyclic) bond motifs is 1. The molecule has 0 radical (unpaired) electrons. The summed E-state index contributed by atoms with van der Waals surface area (Å²) >= 11 is 1.28. The number of aliphatic carboxylic acids is 1. The zero-order valence-corrected chi connectivity index (χ0v) is 11.9. The Kier molecular flexibility index (Phi) is 3.43. The van der Waals surface area contributed by atoms with Crippen molar-refractivity contribution < 1.29 is 14.7 Å². The molecule has 106 valence electrons. The number of hydrogen-bond acceptors (Lipinski definition) is 3. The molecule has 0 saturated heterocycles. The maximum absolute atomic E-state index is 12.5. The normalized spacial score (nSPS) is 19.9. The van der Waals surface area contributed by atoms with Crippen molar-refractivity contribution in [3.05, 3.63) is 60.2 Å². The number of amides is 1. The fraction of sp³-hybridized carbons (Fsp3) is 0.125. The summed E-state index contributed by atoms with van der Waals surface area (Å²) in [6.07, 6.45) is -0.255. The van der Waals surface area contributed by atoms with Crippen LogP contribution < -0.4 is 5.32 Å². The zero-order valence-electron chi connectivity index (χ0n) is 11.1. The fourth-order valence-electron chi connectivity index (χ4n) is 2.51. The highest BCUT2D eigenvalue weighted by atomic mass is 32.2. The van der Waals surface area contributed by atoms with Gasteiger partial charge in [-0.1, -0.05) is 36.4 Å². The van der Waals surface area contributed by atoms with Gasteiger partial charge in [0.05, 0.1) is 6.42 Å². The molecule has 21 heavy (non-hydrogen) atoms. The van der Waals surface area contributed by atoms with E-state index in [0.29, 0.717) is 5.69 Å². The van der Waals surface area contributed by atoms with Crippen molar-refractivity contribution in [2.24, 2.45) is 0 Å². The van der Waals surface area contributed by atoms with Crippen LogP contribution >= 0.6 is 11.8 Å². The maximum Gasteiger partial charge on any atom is 0.305 e. The number of hydrogen-bond donors (Lipinski definition) is 2. The van der Waals surface area contributed by atoms with Crippen LogP contribution in [0.25, 0.3) is 0 Å². The van der Waals surface area contributed by atoms with Crippen molar-refractivity contribution in [1.29, 1.82) is 0 Å². The molecular formula is C16H13NO3S. The van der Waals surface area contributed by atoms with Crippen LogP contribution in [-0.2, 0) is 14.3 Å². The number of nitrogens with one attached hydrogen (secondary N) is 1.